The van der Waals surface area contributed by atoms with Gasteiger partial charge < -0.3 is 5.73 Å². The minimum absolute atomic E-state index is 0.375. The minimum atomic E-state index is 0.375. The third-order valence-corrected chi connectivity index (χ3v) is 2.33. The lowest BCUT2D eigenvalue weighted by molar-refractivity contribution is 0.639. The fraction of sp³-hybridized carbons (Fsp3) is 0.364. The first-order valence-electron chi connectivity index (χ1n) is 5.05. The molecule has 0 aliphatic rings. The topological polar surface area (TPSA) is 63.1 Å². The second kappa shape index (κ2) is 6.37. The summed E-state index contributed by atoms with van der Waals surface area (Å²) >= 11 is 3.35. The lowest BCUT2D eigenvalue weighted by Crippen LogP contribution is -2.12. The van der Waals surface area contributed by atoms with Gasteiger partial charge in [0, 0.05) is 10.0 Å². The van der Waals surface area contributed by atoms with Crippen LogP contribution in [-0.2, 0) is 0 Å². The Balaban J connectivity index is 2.63. The van der Waals surface area contributed by atoms with Crippen LogP contribution in [-0.4, -0.2) is 12.4 Å². The first-order valence-corrected chi connectivity index (χ1v) is 5.84. The first-order chi connectivity index (χ1) is 7.59. The van der Waals surface area contributed by atoms with E-state index in [1.54, 1.807) is 0 Å². The summed E-state index contributed by atoms with van der Waals surface area (Å²) in [5.41, 5.74) is 6.58. The average molecular weight is 283 g/mol. The van der Waals surface area contributed by atoms with Crippen LogP contribution in [0.15, 0.2) is 44.2 Å². The molecular weight excluding hydrogens is 268 g/mol. The first kappa shape index (κ1) is 12.8. The van der Waals surface area contributed by atoms with E-state index in [0.29, 0.717) is 18.3 Å². The van der Waals surface area contributed by atoms with E-state index < -0.39 is 0 Å². The van der Waals surface area contributed by atoms with Gasteiger partial charge in [0.25, 0.3) is 0 Å². The molecule has 0 spiro atoms. The van der Waals surface area contributed by atoms with Crippen molar-refractivity contribution < 1.29 is 0 Å². The molecule has 0 heterocycles. The largest absolute Gasteiger partial charge is 0.382 e. The van der Waals surface area contributed by atoms with Crippen LogP contribution in [0.4, 0.5) is 0 Å². The summed E-state index contributed by atoms with van der Waals surface area (Å²) in [7, 11) is 0. The fourth-order valence-corrected chi connectivity index (χ4v) is 1.22. The number of halogens is 1. The number of nitrogens with two attached hydrogens (primary N) is 1. The van der Waals surface area contributed by atoms with Crippen LogP contribution in [0.3, 0.4) is 0 Å². The number of benzene rings is 1. The molecule has 2 N–H and O–H groups in total. The summed E-state index contributed by atoms with van der Waals surface area (Å²) in [6, 6.07) is 7.56. The molecule has 0 saturated heterocycles. The van der Waals surface area contributed by atoms with E-state index in [1.165, 1.54) is 0 Å². The maximum atomic E-state index is 5.74. The Morgan fingerprint density at radius 2 is 1.94 bits per heavy atom. The Hall–Kier alpha value is -1.23. The fourth-order valence-electron chi connectivity index (χ4n) is 0.958. The Morgan fingerprint density at radius 3 is 2.50 bits per heavy atom. The highest BCUT2D eigenvalue weighted by Gasteiger charge is 1.97. The molecule has 1 rings (SSSR count). The molecule has 16 heavy (non-hydrogen) atoms. The molecular formula is C11H15BrN4. The second-order valence-corrected chi connectivity index (χ2v) is 4.72. The third-order valence-electron chi connectivity index (χ3n) is 1.80. The van der Waals surface area contributed by atoms with Crippen molar-refractivity contribution in [3.05, 3.63) is 34.3 Å². The zero-order valence-electron chi connectivity index (χ0n) is 9.39. The van der Waals surface area contributed by atoms with E-state index in [-0.39, 0.29) is 0 Å². The van der Waals surface area contributed by atoms with Crippen molar-refractivity contribution in [2.75, 3.05) is 6.54 Å². The molecule has 0 fully saturated rings. The van der Waals surface area contributed by atoms with Crippen LogP contribution in [0.1, 0.15) is 19.4 Å². The summed E-state index contributed by atoms with van der Waals surface area (Å²) in [6.45, 7) is 4.80. The van der Waals surface area contributed by atoms with Gasteiger partial charge in [0.05, 0.1) is 6.54 Å². The van der Waals surface area contributed by atoms with E-state index in [1.807, 2.05) is 24.3 Å². The Bertz CT molecular complexity index is 381. The summed E-state index contributed by atoms with van der Waals surface area (Å²) in [4.78, 5) is 0. The van der Waals surface area contributed by atoms with Gasteiger partial charge in [0.15, 0.2) is 5.84 Å². The highest BCUT2D eigenvalue weighted by Crippen LogP contribution is 2.10. The number of hydrogen-bond acceptors (Lipinski definition) is 2. The van der Waals surface area contributed by atoms with Crippen LogP contribution in [0.5, 0.6) is 0 Å². The van der Waals surface area contributed by atoms with E-state index >= 15 is 0 Å². The smallest absolute Gasteiger partial charge is 0.155 e. The molecule has 86 valence electrons. The van der Waals surface area contributed by atoms with E-state index in [4.69, 9.17) is 5.73 Å². The van der Waals surface area contributed by atoms with Crippen molar-refractivity contribution in [2.24, 2.45) is 27.1 Å². The average Bonchev–Trinajstić information content (AvgIpc) is 2.25. The molecule has 0 unspecified atom stereocenters. The van der Waals surface area contributed by atoms with Crippen molar-refractivity contribution in [3.63, 3.8) is 0 Å². The van der Waals surface area contributed by atoms with Gasteiger partial charge >= 0.3 is 0 Å². The van der Waals surface area contributed by atoms with Crippen LogP contribution < -0.4 is 5.73 Å². The van der Waals surface area contributed by atoms with Crippen LogP contribution in [0.2, 0.25) is 0 Å². The minimum Gasteiger partial charge on any atom is -0.382 e. The molecule has 5 heteroatoms. The summed E-state index contributed by atoms with van der Waals surface area (Å²) in [5.74, 6) is 0.855. The molecule has 0 bridgehead atoms. The Kier molecular flexibility index (Phi) is 5.11. The van der Waals surface area contributed by atoms with Crippen LogP contribution in [0.25, 0.3) is 0 Å². The molecule has 0 atom stereocenters. The lowest BCUT2D eigenvalue weighted by Gasteiger charge is -1.98. The van der Waals surface area contributed by atoms with Crippen LogP contribution >= 0.6 is 15.9 Å². The number of nitrogens with zero attached hydrogens (tertiary/aromatic N) is 3. The van der Waals surface area contributed by atoms with Gasteiger partial charge in [-0.1, -0.05) is 41.9 Å². The van der Waals surface area contributed by atoms with Crippen molar-refractivity contribution in [1.82, 2.24) is 0 Å². The molecule has 0 radical (unpaired) electrons. The maximum Gasteiger partial charge on any atom is 0.155 e. The summed E-state index contributed by atoms with van der Waals surface area (Å²) in [6.07, 6.45) is 0. The molecule has 0 aliphatic carbocycles. The third kappa shape index (κ3) is 4.53. The summed E-state index contributed by atoms with van der Waals surface area (Å²) in [5, 5.41) is 11.4. The number of rotatable bonds is 4. The highest BCUT2D eigenvalue weighted by molar-refractivity contribution is 9.10. The van der Waals surface area contributed by atoms with Gasteiger partial charge in [-0.05, 0) is 23.3 Å². The Morgan fingerprint density at radius 1 is 1.31 bits per heavy atom. The SMILES string of the molecule is CC(C)CN=NN=C(N)c1ccc(Br)cc1. The molecule has 1 aromatic rings. The molecule has 0 aromatic heterocycles. The molecule has 0 saturated carbocycles. The Labute approximate surface area is 104 Å². The van der Waals surface area contributed by atoms with Gasteiger partial charge in [0.2, 0.25) is 0 Å². The highest BCUT2D eigenvalue weighted by atomic mass is 79.9. The van der Waals surface area contributed by atoms with Gasteiger partial charge in [-0.2, -0.15) is 5.11 Å². The number of hydrogen-bond donors (Lipinski definition) is 1. The maximum absolute atomic E-state index is 5.74. The predicted octanol–water partition coefficient (Wildman–Crippen LogP) is 3.18. The monoisotopic (exact) mass is 282 g/mol. The lowest BCUT2D eigenvalue weighted by atomic mass is 10.2. The van der Waals surface area contributed by atoms with Gasteiger partial charge in [-0.3, -0.25) is 0 Å². The van der Waals surface area contributed by atoms with Crippen LogP contribution in [0, 0.1) is 5.92 Å². The van der Waals surface area contributed by atoms with Gasteiger partial charge in [-0.15, -0.1) is 5.10 Å². The summed E-state index contributed by atoms with van der Waals surface area (Å²) < 4.78 is 1.01. The molecule has 4 nitrogen and oxygen atoms in total. The predicted molar refractivity (Wildman–Crippen MR) is 69.4 cm³/mol. The van der Waals surface area contributed by atoms with E-state index in [9.17, 15) is 0 Å². The molecule has 0 aliphatic heterocycles. The van der Waals surface area contributed by atoms with Gasteiger partial charge in [-0.25, -0.2) is 0 Å². The van der Waals surface area contributed by atoms with Crippen molar-refractivity contribution in [3.8, 4) is 0 Å². The number of amidine groups is 1. The van der Waals surface area contributed by atoms with E-state index in [2.05, 4.69) is 45.2 Å². The van der Waals surface area contributed by atoms with Gasteiger partial charge in [0.1, 0.15) is 0 Å². The standard InChI is InChI=1S/C11H15BrN4/c1-8(2)7-14-16-15-11(13)9-3-5-10(12)6-4-9/h3-6,8H,7H2,1-2H3,(H2,13,14,15). The zero-order chi connectivity index (χ0) is 12.0. The van der Waals surface area contributed by atoms with E-state index in [0.717, 1.165) is 10.0 Å². The normalized spacial score (nSPS) is 12.6. The zero-order valence-corrected chi connectivity index (χ0v) is 11.0. The quantitative estimate of drug-likeness (QED) is 0.392. The van der Waals surface area contributed by atoms with Crippen molar-refractivity contribution in [2.45, 2.75) is 13.8 Å². The van der Waals surface area contributed by atoms with Crippen molar-refractivity contribution in [1.29, 1.82) is 0 Å². The molecule has 0 amide bonds. The second-order valence-electron chi connectivity index (χ2n) is 3.80. The van der Waals surface area contributed by atoms with Crippen molar-refractivity contribution >= 4 is 21.8 Å². The molecule has 1 aromatic carbocycles.